The van der Waals surface area contributed by atoms with Crippen LogP contribution < -0.4 is 5.32 Å². The Morgan fingerprint density at radius 2 is 2.14 bits per heavy atom. The summed E-state index contributed by atoms with van der Waals surface area (Å²) < 4.78 is 6.09. The molecular formula is C18H32N2O. The van der Waals surface area contributed by atoms with Gasteiger partial charge in [-0.3, -0.25) is 4.90 Å². The summed E-state index contributed by atoms with van der Waals surface area (Å²) in [7, 11) is 0. The number of likely N-dealkylation sites (tertiary alicyclic amines) is 1. The van der Waals surface area contributed by atoms with Gasteiger partial charge in [0.25, 0.3) is 0 Å². The molecule has 0 bridgehead atoms. The van der Waals surface area contributed by atoms with E-state index in [1.165, 1.54) is 50.6 Å². The lowest BCUT2D eigenvalue weighted by Gasteiger charge is -2.28. The highest BCUT2D eigenvalue weighted by atomic mass is 16.3. The predicted molar refractivity (Wildman–Crippen MR) is 88.4 cm³/mol. The number of furan rings is 1. The first-order valence-corrected chi connectivity index (χ1v) is 8.77. The van der Waals surface area contributed by atoms with Gasteiger partial charge in [-0.25, -0.2) is 0 Å². The van der Waals surface area contributed by atoms with Gasteiger partial charge in [-0.1, -0.05) is 26.7 Å². The molecule has 3 heteroatoms. The van der Waals surface area contributed by atoms with E-state index in [0.717, 1.165) is 37.2 Å². The fraction of sp³-hybridized carbons (Fsp3) is 0.778. The van der Waals surface area contributed by atoms with E-state index in [2.05, 4.69) is 37.1 Å². The van der Waals surface area contributed by atoms with Crippen LogP contribution in [0.4, 0.5) is 0 Å². The summed E-state index contributed by atoms with van der Waals surface area (Å²) in [6, 6.07) is 2.97. The van der Waals surface area contributed by atoms with Crippen molar-refractivity contribution < 1.29 is 4.42 Å². The molecule has 21 heavy (non-hydrogen) atoms. The minimum atomic E-state index is 0.736. The van der Waals surface area contributed by atoms with Crippen LogP contribution in [0.2, 0.25) is 0 Å². The molecule has 0 aliphatic carbocycles. The summed E-state index contributed by atoms with van der Waals surface area (Å²) in [5.41, 5.74) is 1.29. The summed E-state index contributed by atoms with van der Waals surface area (Å²) in [5, 5.41) is 3.43. The van der Waals surface area contributed by atoms with E-state index in [9.17, 15) is 0 Å². The van der Waals surface area contributed by atoms with Gasteiger partial charge >= 0.3 is 0 Å². The van der Waals surface area contributed by atoms with Crippen molar-refractivity contribution in [3.63, 3.8) is 0 Å². The summed E-state index contributed by atoms with van der Waals surface area (Å²) >= 11 is 0. The molecule has 1 unspecified atom stereocenters. The molecule has 0 amide bonds. The Kier molecular flexibility index (Phi) is 6.78. The van der Waals surface area contributed by atoms with Crippen molar-refractivity contribution in [1.82, 2.24) is 10.2 Å². The molecule has 1 aromatic heterocycles. The third-order valence-corrected chi connectivity index (χ3v) is 4.61. The fourth-order valence-corrected chi connectivity index (χ4v) is 3.33. The zero-order valence-corrected chi connectivity index (χ0v) is 14.1. The molecule has 2 rings (SSSR count). The van der Waals surface area contributed by atoms with Gasteiger partial charge in [0.15, 0.2) is 0 Å². The first kappa shape index (κ1) is 16.6. The Labute approximate surface area is 130 Å². The van der Waals surface area contributed by atoms with Gasteiger partial charge in [0.1, 0.15) is 11.5 Å². The summed E-state index contributed by atoms with van der Waals surface area (Å²) in [5.74, 6) is 2.25. The lowest BCUT2D eigenvalue weighted by atomic mass is 10.1. The Morgan fingerprint density at radius 3 is 2.90 bits per heavy atom. The molecular weight excluding hydrogens is 260 g/mol. The lowest BCUT2D eigenvalue weighted by Crippen LogP contribution is -2.33. The normalized spacial score (nSPS) is 20.6. The van der Waals surface area contributed by atoms with Crippen molar-refractivity contribution >= 4 is 0 Å². The van der Waals surface area contributed by atoms with Crippen molar-refractivity contribution in [2.75, 3.05) is 13.1 Å². The maximum absolute atomic E-state index is 6.09. The minimum absolute atomic E-state index is 0.736. The largest absolute Gasteiger partial charge is 0.463 e. The monoisotopic (exact) mass is 292 g/mol. The van der Waals surface area contributed by atoms with E-state index in [0.29, 0.717) is 0 Å². The van der Waals surface area contributed by atoms with Gasteiger partial charge in [0.05, 0.1) is 13.1 Å². The van der Waals surface area contributed by atoms with Gasteiger partial charge in [-0.15, -0.1) is 0 Å². The Bertz CT molecular complexity index is 413. The second kappa shape index (κ2) is 8.60. The van der Waals surface area contributed by atoms with Crippen molar-refractivity contribution in [2.24, 2.45) is 0 Å². The fourth-order valence-electron chi connectivity index (χ4n) is 3.33. The highest BCUT2D eigenvalue weighted by molar-refractivity contribution is 5.20. The molecule has 1 atom stereocenters. The lowest BCUT2D eigenvalue weighted by molar-refractivity contribution is 0.171. The molecule has 0 saturated carbocycles. The molecule has 3 nitrogen and oxygen atoms in total. The first-order valence-electron chi connectivity index (χ1n) is 8.77. The number of hydrogen-bond acceptors (Lipinski definition) is 3. The van der Waals surface area contributed by atoms with Crippen LogP contribution in [0.3, 0.4) is 0 Å². The number of rotatable bonds is 7. The van der Waals surface area contributed by atoms with Crippen molar-refractivity contribution in [1.29, 1.82) is 0 Å². The van der Waals surface area contributed by atoms with Gasteiger partial charge in [0, 0.05) is 6.04 Å². The average Bonchev–Trinajstić information content (AvgIpc) is 2.69. The van der Waals surface area contributed by atoms with Crippen LogP contribution in [0.5, 0.6) is 0 Å². The van der Waals surface area contributed by atoms with Crippen LogP contribution in [0.1, 0.15) is 69.5 Å². The maximum Gasteiger partial charge on any atom is 0.120 e. The van der Waals surface area contributed by atoms with Crippen molar-refractivity contribution in [3.05, 3.63) is 23.2 Å². The molecule has 2 heterocycles. The smallest absolute Gasteiger partial charge is 0.120 e. The average molecular weight is 292 g/mol. The SMILES string of the molecule is CCCNCc1oc(CN2CCCCCC2CC)cc1C. The summed E-state index contributed by atoms with van der Waals surface area (Å²) in [6.07, 6.45) is 7.88. The molecule has 120 valence electrons. The van der Waals surface area contributed by atoms with Crippen LogP contribution in [0.25, 0.3) is 0 Å². The summed E-state index contributed by atoms with van der Waals surface area (Å²) in [4.78, 5) is 2.63. The molecule has 0 spiro atoms. The van der Waals surface area contributed by atoms with Gasteiger partial charge in [-0.2, -0.15) is 0 Å². The summed E-state index contributed by atoms with van der Waals surface area (Å²) in [6.45, 7) is 10.8. The van der Waals surface area contributed by atoms with Crippen LogP contribution in [0.15, 0.2) is 10.5 Å². The van der Waals surface area contributed by atoms with Gasteiger partial charge < -0.3 is 9.73 Å². The molecule has 1 aliphatic heterocycles. The molecule has 1 aromatic rings. The Hall–Kier alpha value is -0.800. The molecule has 1 aliphatic rings. The molecule has 0 aromatic carbocycles. The van der Waals surface area contributed by atoms with E-state index in [-0.39, 0.29) is 0 Å². The van der Waals surface area contributed by atoms with Crippen molar-refractivity contribution in [2.45, 2.75) is 78.4 Å². The van der Waals surface area contributed by atoms with E-state index >= 15 is 0 Å². The molecule has 1 N–H and O–H groups in total. The quantitative estimate of drug-likeness (QED) is 0.762. The van der Waals surface area contributed by atoms with Gasteiger partial charge in [0.2, 0.25) is 0 Å². The molecule has 1 fully saturated rings. The number of nitrogens with zero attached hydrogens (tertiary/aromatic N) is 1. The minimum Gasteiger partial charge on any atom is -0.463 e. The molecule has 0 radical (unpaired) electrons. The van der Waals surface area contributed by atoms with Crippen LogP contribution in [-0.4, -0.2) is 24.0 Å². The topological polar surface area (TPSA) is 28.4 Å². The second-order valence-electron chi connectivity index (χ2n) is 6.38. The van der Waals surface area contributed by atoms with Gasteiger partial charge in [-0.05, 0) is 57.3 Å². The second-order valence-corrected chi connectivity index (χ2v) is 6.38. The van der Waals surface area contributed by atoms with E-state index in [4.69, 9.17) is 4.42 Å². The number of nitrogens with one attached hydrogen (secondary N) is 1. The third kappa shape index (κ3) is 4.86. The first-order chi connectivity index (χ1) is 10.2. The van der Waals surface area contributed by atoms with E-state index < -0.39 is 0 Å². The molecule has 1 saturated heterocycles. The van der Waals surface area contributed by atoms with Crippen LogP contribution in [-0.2, 0) is 13.1 Å². The van der Waals surface area contributed by atoms with Crippen molar-refractivity contribution in [3.8, 4) is 0 Å². The zero-order valence-electron chi connectivity index (χ0n) is 14.1. The predicted octanol–water partition coefficient (Wildman–Crippen LogP) is 4.24. The van der Waals surface area contributed by atoms with E-state index in [1.807, 2.05) is 0 Å². The third-order valence-electron chi connectivity index (χ3n) is 4.61. The van der Waals surface area contributed by atoms with E-state index in [1.54, 1.807) is 0 Å². The highest BCUT2D eigenvalue weighted by Crippen LogP contribution is 2.23. The highest BCUT2D eigenvalue weighted by Gasteiger charge is 2.21. The number of hydrogen-bond donors (Lipinski definition) is 1. The standard InChI is InChI=1S/C18H32N2O/c1-4-10-19-13-18-15(3)12-17(21-18)14-20-11-8-6-7-9-16(20)5-2/h12,16,19H,4-11,13-14H2,1-3H3. The van der Waals surface area contributed by atoms with Crippen LogP contribution >= 0.6 is 0 Å². The zero-order chi connectivity index (χ0) is 15.1. The maximum atomic E-state index is 6.09. The Balaban J connectivity index is 1.96. The van der Waals surface area contributed by atoms with Crippen LogP contribution in [0, 0.1) is 6.92 Å². The number of aryl methyl sites for hydroxylation is 1. The Morgan fingerprint density at radius 1 is 1.29 bits per heavy atom.